The van der Waals surface area contributed by atoms with Gasteiger partial charge in [-0.1, -0.05) is 53.2 Å². The lowest BCUT2D eigenvalue weighted by molar-refractivity contribution is -0.113. The largest absolute Gasteiger partial charge is 0.497 e. The van der Waals surface area contributed by atoms with Crippen molar-refractivity contribution in [3.05, 3.63) is 83.9 Å². The number of anilines is 1. The zero-order chi connectivity index (χ0) is 22.5. The van der Waals surface area contributed by atoms with Gasteiger partial charge in [-0.05, 0) is 56.3 Å². The van der Waals surface area contributed by atoms with Gasteiger partial charge in [0.25, 0.3) is 0 Å². The third-order valence-electron chi connectivity index (χ3n) is 4.91. The molecule has 1 heterocycles. The molecular weight excluding hydrogens is 420 g/mol. The van der Waals surface area contributed by atoms with Crippen molar-refractivity contribution < 1.29 is 9.53 Å². The first-order valence-electron chi connectivity index (χ1n) is 10.2. The predicted octanol–water partition coefficient (Wildman–Crippen LogP) is 5.29. The van der Waals surface area contributed by atoms with Crippen LogP contribution in [0.25, 0.3) is 17.1 Å². The topological polar surface area (TPSA) is 69.0 Å². The summed E-state index contributed by atoms with van der Waals surface area (Å²) in [5, 5.41) is 12.4. The zero-order valence-corrected chi connectivity index (χ0v) is 19.0. The van der Waals surface area contributed by atoms with Gasteiger partial charge in [-0.3, -0.25) is 9.36 Å². The second-order valence-corrected chi connectivity index (χ2v) is 8.35. The summed E-state index contributed by atoms with van der Waals surface area (Å²) in [5.41, 5.74) is 4.92. The van der Waals surface area contributed by atoms with E-state index in [9.17, 15) is 4.79 Å². The van der Waals surface area contributed by atoms with E-state index in [-0.39, 0.29) is 11.7 Å². The molecule has 0 aliphatic carbocycles. The molecule has 4 aromatic rings. The molecule has 1 N–H and O–H groups in total. The number of thioether (sulfide) groups is 1. The smallest absolute Gasteiger partial charge is 0.234 e. The van der Waals surface area contributed by atoms with E-state index in [2.05, 4.69) is 21.6 Å². The lowest BCUT2D eigenvalue weighted by Crippen LogP contribution is -2.14. The molecule has 0 radical (unpaired) electrons. The van der Waals surface area contributed by atoms with E-state index in [4.69, 9.17) is 4.74 Å². The standard InChI is InChI=1S/C25H24N4O2S/c1-17-7-9-20(10-8-17)26-23(30)16-32-25-28-27-24(19-6-4-5-18(2)15-19)29(25)21-11-13-22(31-3)14-12-21/h4-15H,16H2,1-3H3,(H,26,30). The number of nitrogens with one attached hydrogen (secondary N) is 1. The molecule has 1 aromatic heterocycles. The van der Waals surface area contributed by atoms with Gasteiger partial charge in [0.15, 0.2) is 11.0 Å². The minimum absolute atomic E-state index is 0.0970. The lowest BCUT2D eigenvalue weighted by Gasteiger charge is -2.11. The van der Waals surface area contributed by atoms with Gasteiger partial charge < -0.3 is 10.1 Å². The summed E-state index contributed by atoms with van der Waals surface area (Å²) in [6.07, 6.45) is 0. The van der Waals surface area contributed by atoms with Gasteiger partial charge in [-0.2, -0.15) is 0 Å². The highest BCUT2D eigenvalue weighted by molar-refractivity contribution is 7.99. The summed E-state index contributed by atoms with van der Waals surface area (Å²) in [6.45, 7) is 4.06. The van der Waals surface area contributed by atoms with Gasteiger partial charge in [0.2, 0.25) is 5.91 Å². The Kier molecular flexibility index (Phi) is 6.56. The third-order valence-corrected chi connectivity index (χ3v) is 5.84. The Morgan fingerprint density at radius 1 is 0.969 bits per heavy atom. The van der Waals surface area contributed by atoms with E-state index in [1.54, 1.807) is 7.11 Å². The van der Waals surface area contributed by atoms with E-state index in [0.29, 0.717) is 5.16 Å². The maximum Gasteiger partial charge on any atom is 0.234 e. The molecule has 3 aromatic carbocycles. The van der Waals surface area contributed by atoms with Crippen molar-refractivity contribution in [1.29, 1.82) is 0 Å². The van der Waals surface area contributed by atoms with Crippen molar-refractivity contribution >= 4 is 23.4 Å². The van der Waals surface area contributed by atoms with Crippen LogP contribution in [0.1, 0.15) is 11.1 Å². The molecule has 0 saturated heterocycles. The fourth-order valence-electron chi connectivity index (χ4n) is 3.26. The average molecular weight is 445 g/mol. The highest BCUT2D eigenvalue weighted by atomic mass is 32.2. The lowest BCUT2D eigenvalue weighted by atomic mass is 10.1. The fourth-order valence-corrected chi connectivity index (χ4v) is 4.01. The number of hydrogen-bond donors (Lipinski definition) is 1. The molecule has 0 fully saturated rings. The van der Waals surface area contributed by atoms with Gasteiger partial charge >= 0.3 is 0 Å². The minimum Gasteiger partial charge on any atom is -0.497 e. The zero-order valence-electron chi connectivity index (χ0n) is 18.2. The molecule has 7 heteroatoms. The van der Waals surface area contributed by atoms with Crippen LogP contribution in [-0.4, -0.2) is 33.5 Å². The van der Waals surface area contributed by atoms with E-state index in [0.717, 1.165) is 39.6 Å². The number of hydrogen-bond acceptors (Lipinski definition) is 5. The highest BCUT2D eigenvalue weighted by Crippen LogP contribution is 2.29. The van der Waals surface area contributed by atoms with Gasteiger partial charge in [0, 0.05) is 16.9 Å². The van der Waals surface area contributed by atoms with Gasteiger partial charge in [0.1, 0.15) is 5.75 Å². The van der Waals surface area contributed by atoms with E-state index < -0.39 is 0 Å². The monoisotopic (exact) mass is 444 g/mol. The molecule has 0 saturated carbocycles. The number of rotatable bonds is 7. The van der Waals surface area contributed by atoms with Crippen molar-refractivity contribution in [3.63, 3.8) is 0 Å². The molecule has 0 aliphatic rings. The molecule has 4 rings (SSSR count). The Labute approximate surface area is 191 Å². The van der Waals surface area contributed by atoms with Crippen molar-refractivity contribution in [1.82, 2.24) is 14.8 Å². The number of aromatic nitrogens is 3. The first kappa shape index (κ1) is 21.6. The maximum atomic E-state index is 12.5. The molecule has 0 aliphatic heterocycles. The van der Waals surface area contributed by atoms with Crippen molar-refractivity contribution in [2.75, 3.05) is 18.2 Å². The molecule has 32 heavy (non-hydrogen) atoms. The first-order valence-corrected chi connectivity index (χ1v) is 11.2. The van der Waals surface area contributed by atoms with Crippen LogP contribution < -0.4 is 10.1 Å². The van der Waals surface area contributed by atoms with Crippen LogP contribution in [0.3, 0.4) is 0 Å². The average Bonchev–Trinajstić information content (AvgIpc) is 3.23. The summed E-state index contributed by atoms with van der Waals surface area (Å²) < 4.78 is 7.26. The van der Waals surface area contributed by atoms with Gasteiger partial charge in [0.05, 0.1) is 12.9 Å². The Hall–Kier alpha value is -3.58. The molecule has 0 unspecified atom stereocenters. The summed E-state index contributed by atoms with van der Waals surface area (Å²) >= 11 is 1.35. The number of nitrogens with zero attached hydrogens (tertiary/aromatic N) is 3. The normalized spacial score (nSPS) is 10.7. The first-order chi connectivity index (χ1) is 15.5. The Balaban J connectivity index is 1.61. The Bertz CT molecular complexity index is 1220. The second kappa shape index (κ2) is 9.70. The Morgan fingerprint density at radius 2 is 1.72 bits per heavy atom. The SMILES string of the molecule is COc1ccc(-n2c(SCC(=O)Nc3ccc(C)cc3)nnc2-c2cccc(C)c2)cc1. The van der Waals surface area contributed by atoms with Crippen LogP contribution in [0.2, 0.25) is 0 Å². The molecule has 6 nitrogen and oxygen atoms in total. The van der Waals surface area contributed by atoms with E-state index in [1.807, 2.05) is 85.1 Å². The fraction of sp³-hybridized carbons (Fsp3) is 0.160. The summed E-state index contributed by atoms with van der Waals surface area (Å²) in [4.78, 5) is 12.5. The highest BCUT2D eigenvalue weighted by Gasteiger charge is 2.17. The molecule has 0 atom stereocenters. The van der Waals surface area contributed by atoms with Crippen LogP contribution in [0.5, 0.6) is 5.75 Å². The summed E-state index contributed by atoms with van der Waals surface area (Å²) in [5.74, 6) is 1.61. The van der Waals surface area contributed by atoms with Gasteiger partial charge in [-0.15, -0.1) is 10.2 Å². The van der Waals surface area contributed by atoms with Crippen molar-refractivity contribution in [2.24, 2.45) is 0 Å². The predicted molar refractivity (Wildman–Crippen MR) is 129 cm³/mol. The van der Waals surface area contributed by atoms with E-state index >= 15 is 0 Å². The number of carbonyl (C=O) groups excluding carboxylic acids is 1. The molecule has 162 valence electrons. The number of benzene rings is 3. The van der Waals surface area contributed by atoms with Crippen LogP contribution in [-0.2, 0) is 4.79 Å². The van der Waals surface area contributed by atoms with Crippen molar-refractivity contribution in [2.45, 2.75) is 19.0 Å². The minimum atomic E-state index is -0.0970. The van der Waals surface area contributed by atoms with Crippen LogP contribution >= 0.6 is 11.8 Å². The maximum absolute atomic E-state index is 12.5. The van der Waals surface area contributed by atoms with Crippen LogP contribution in [0, 0.1) is 13.8 Å². The third kappa shape index (κ3) is 5.00. The number of amides is 1. The number of ether oxygens (including phenoxy) is 1. The number of aryl methyl sites for hydroxylation is 2. The van der Waals surface area contributed by atoms with Crippen LogP contribution in [0.15, 0.2) is 78.0 Å². The van der Waals surface area contributed by atoms with Crippen molar-refractivity contribution in [3.8, 4) is 22.8 Å². The van der Waals surface area contributed by atoms with E-state index in [1.165, 1.54) is 11.8 Å². The quantitative estimate of drug-likeness (QED) is 0.392. The van der Waals surface area contributed by atoms with Gasteiger partial charge in [-0.25, -0.2) is 0 Å². The summed E-state index contributed by atoms with van der Waals surface area (Å²) in [6, 6.07) is 23.6. The van der Waals surface area contributed by atoms with Crippen LogP contribution in [0.4, 0.5) is 5.69 Å². The molecule has 1 amide bonds. The Morgan fingerprint density at radius 3 is 2.41 bits per heavy atom. The molecular formula is C25H24N4O2S. The summed E-state index contributed by atoms with van der Waals surface area (Å²) in [7, 11) is 1.64. The molecule has 0 spiro atoms. The number of carbonyl (C=O) groups is 1. The second-order valence-electron chi connectivity index (χ2n) is 7.41. The number of methoxy groups -OCH3 is 1. The molecule has 0 bridgehead atoms.